The summed E-state index contributed by atoms with van der Waals surface area (Å²) in [4.78, 5) is 2.43. The lowest BCUT2D eigenvalue weighted by molar-refractivity contribution is 0.220. The van der Waals surface area contributed by atoms with Crippen LogP contribution in [0.15, 0.2) is 0 Å². The second-order valence-corrected chi connectivity index (χ2v) is 5.99. The first kappa shape index (κ1) is 12.1. The average molecular weight is 218 g/mol. The zero-order valence-electron chi connectivity index (χ0n) is 9.45. The van der Waals surface area contributed by atoms with Crippen LogP contribution in [0.1, 0.15) is 20.8 Å². The molecule has 1 rings (SSSR count). The highest BCUT2D eigenvalue weighted by atomic mass is 32.2. The summed E-state index contributed by atoms with van der Waals surface area (Å²) in [6.07, 6.45) is 0. The summed E-state index contributed by atoms with van der Waals surface area (Å²) in [6, 6.07) is 1.12. The van der Waals surface area contributed by atoms with Gasteiger partial charge < -0.3 is 5.32 Å². The molecule has 1 saturated heterocycles. The minimum absolute atomic E-state index is 0.552. The molecule has 0 bridgehead atoms. The Labute approximate surface area is 89.7 Å². The Bertz CT molecular complexity index is 187. The van der Waals surface area contributed by atoms with Crippen LogP contribution in [0.4, 0.5) is 0 Å². The molecular weight excluding hydrogens is 196 g/mol. The lowest BCUT2D eigenvalue weighted by atomic mass is 10.2. The minimum Gasteiger partial charge on any atom is -0.313 e. The fourth-order valence-electron chi connectivity index (χ4n) is 1.63. The molecule has 1 aliphatic heterocycles. The number of nitrogens with one attached hydrogen (secondary N) is 1. The fourth-order valence-corrected chi connectivity index (χ4v) is 2.71. The molecular formula is C10H22N2OS. The number of hydrogen-bond donors (Lipinski definition) is 1. The molecule has 1 heterocycles. The van der Waals surface area contributed by atoms with E-state index in [-0.39, 0.29) is 0 Å². The van der Waals surface area contributed by atoms with Crippen LogP contribution in [-0.4, -0.2) is 52.3 Å². The third kappa shape index (κ3) is 4.07. The highest BCUT2D eigenvalue weighted by molar-refractivity contribution is 7.85. The van der Waals surface area contributed by atoms with Crippen molar-refractivity contribution >= 4 is 10.8 Å². The summed E-state index contributed by atoms with van der Waals surface area (Å²) in [7, 11) is -0.552. The summed E-state index contributed by atoms with van der Waals surface area (Å²) in [6.45, 7) is 9.59. The van der Waals surface area contributed by atoms with Gasteiger partial charge in [0.15, 0.2) is 0 Å². The summed E-state index contributed by atoms with van der Waals surface area (Å²) >= 11 is 0. The van der Waals surface area contributed by atoms with E-state index in [1.54, 1.807) is 0 Å². The van der Waals surface area contributed by atoms with Crippen LogP contribution in [0, 0.1) is 0 Å². The van der Waals surface area contributed by atoms with Crippen molar-refractivity contribution in [2.45, 2.75) is 32.9 Å². The molecule has 1 unspecified atom stereocenters. The van der Waals surface area contributed by atoms with Crippen molar-refractivity contribution in [1.29, 1.82) is 0 Å². The molecule has 1 fully saturated rings. The fraction of sp³-hybridized carbons (Fsp3) is 1.00. The monoisotopic (exact) mass is 218 g/mol. The first-order valence-electron chi connectivity index (χ1n) is 5.42. The van der Waals surface area contributed by atoms with E-state index in [0.29, 0.717) is 12.1 Å². The maximum Gasteiger partial charge on any atom is 0.0363 e. The Morgan fingerprint density at radius 1 is 1.29 bits per heavy atom. The maximum atomic E-state index is 11.2. The molecule has 0 aromatic rings. The van der Waals surface area contributed by atoms with Crippen molar-refractivity contribution in [3.05, 3.63) is 0 Å². The summed E-state index contributed by atoms with van der Waals surface area (Å²) < 4.78 is 11.2. The molecule has 1 N–H and O–H groups in total. The van der Waals surface area contributed by atoms with Gasteiger partial charge in [-0.25, -0.2) is 0 Å². The smallest absolute Gasteiger partial charge is 0.0363 e. The number of rotatable bonds is 4. The molecule has 0 spiro atoms. The molecule has 0 saturated carbocycles. The Morgan fingerprint density at radius 3 is 2.36 bits per heavy atom. The van der Waals surface area contributed by atoms with Gasteiger partial charge in [0.05, 0.1) is 0 Å². The van der Waals surface area contributed by atoms with Gasteiger partial charge in [-0.15, -0.1) is 0 Å². The molecule has 1 aliphatic rings. The van der Waals surface area contributed by atoms with Crippen LogP contribution < -0.4 is 5.32 Å². The lowest BCUT2D eigenvalue weighted by Crippen LogP contribution is -2.47. The predicted molar refractivity (Wildman–Crippen MR) is 62.1 cm³/mol. The Morgan fingerprint density at radius 2 is 1.86 bits per heavy atom. The van der Waals surface area contributed by atoms with Crippen molar-refractivity contribution in [3.8, 4) is 0 Å². The molecule has 0 amide bonds. The Kier molecular flexibility index (Phi) is 5.06. The van der Waals surface area contributed by atoms with E-state index in [1.165, 1.54) is 0 Å². The second-order valence-electron chi connectivity index (χ2n) is 4.30. The SMILES string of the molecule is CC(C)NCC(C)N1CCS(=O)CC1. The van der Waals surface area contributed by atoms with E-state index in [4.69, 9.17) is 0 Å². The predicted octanol–water partition coefficient (Wildman–Crippen LogP) is 0.437. The molecule has 84 valence electrons. The third-order valence-corrected chi connectivity index (χ3v) is 3.93. The van der Waals surface area contributed by atoms with E-state index in [9.17, 15) is 4.21 Å². The normalized spacial score (nSPS) is 22.9. The van der Waals surface area contributed by atoms with Gasteiger partial charge in [-0.1, -0.05) is 13.8 Å². The molecule has 4 heteroatoms. The van der Waals surface area contributed by atoms with Crippen LogP contribution in [-0.2, 0) is 10.8 Å². The standard InChI is InChI=1S/C10H22N2OS/c1-9(2)11-8-10(3)12-4-6-14(13)7-5-12/h9-11H,4-8H2,1-3H3. The Hall–Kier alpha value is 0.0700. The van der Waals surface area contributed by atoms with Gasteiger partial charge in [-0.3, -0.25) is 9.11 Å². The van der Waals surface area contributed by atoms with E-state index in [1.807, 2.05) is 0 Å². The molecule has 14 heavy (non-hydrogen) atoms. The van der Waals surface area contributed by atoms with E-state index in [0.717, 1.165) is 31.1 Å². The van der Waals surface area contributed by atoms with Gasteiger partial charge in [0, 0.05) is 54.0 Å². The molecule has 0 aromatic carbocycles. The lowest BCUT2D eigenvalue weighted by Gasteiger charge is -2.32. The zero-order chi connectivity index (χ0) is 10.6. The zero-order valence-corrected chi connectivity index (χ0v) is 10.3. The van der Waals surface area contributed by atoms with Gasteiger partial charge in [0.1, 0.15) is 0 Å². The summed E-state index contributed by atoms with van der Waals surface area (Å²) in [5.41, 5.74) is 0. The number of nitrogens with zero attached hydrogens (tertiary/aromatic N) is 1. The van der Waals surface area contributed by atoms with Gasteiger partial charge in [0.2, 0.25) is 0 Å². The maximum absolute atomic E-state index is 11.2. The average Bonchev–Trinajstić information content (AvgIpc) is 2.15. The summed E-state index contributed by atoms with van der Waals surface area (Å²) in [5, 5.41) is 3.44. The van der Waals surface area contributed by atoms with Crippen molar-refractivity contribution in [1.82, 2.24) is 10.2 Å². The van der Waals surface area contributed by atoms with Gasteiger partial charge in [0.25, 0.3) is 0 Å². The molecule has 3 nitrogen and oxygen atoms in total. The quantitative estimate of drug-likeness (QED) is 0.743. The van der Waals surface area contributed by atoms with E-state index >= 15 is 0 Å². The molecule has 0 aromatic heterocycles. The highest BCUT2D eigenvalue weighted by Crippen LogP contribution is 2.04. The van der Waals surface area contributed by atoms with Crippen molar-refractivity contribution in [2.75, 3.05) is 31.1 Å². The van der Waals surface area contributed by atoms with Crippen LogP contribution >= 0.6 is 0 Å². The molecule has 0 radical (unpaired) electrons. The van der Waals surface area contributed by atoms with Crippen LogP contribution in [0.3, 0.4) is 0 Å². The van der Waals surface area contributed by atoms with E-state index in [2.05, 4.69) is 31.0 Å². The summed E-state index contributed by atoms with van der Waals surface area (Å²) in [5.74, 6) is 1.71. The first-order valence-corrected chi connectivity index (χ1v) is 6.91. The van der Waals surface area contributed by atoms with Crippen molar-refractivity contribution < 1.29 is 4.21 Å². The van der Waals surface area contributed by atoms with Crippen LogP contribution in [0.5, 0.6) is 0 Å². The van der Waals surface area contributed by atoms with Crippen molar-refractivity contribution in [3.63, 3.8) is 0 Å². The molecule has 1 atom stereocenters. The topological polar surface area (TPSA) is 32.3 Å². The highest BCUT2D eigenvalue weighted by Gasteiger charge is 2.19. The third-order valence-electron chi connectivity index (χ3n) is 2.66. The molecule has 0 aliphatic carbocycles. The van der Waals surface area contributed by atoms with Crippen molar-refractivity contribution in [2.24, 2.45) is 0 Å². The van der Waals surface area contributed by atoms with Crippen LogP contribution in [0.2, 0.25) is 0 Å². The van der Waals surface area contributed by atoms with Gasteiger partial charge in [-0.2, -0.15) is 0 Å². The Balaban J connectivity index is 2.23. The first-order chi connectivity index (χ1) is 6.59. The van der Waals surface area contributed by atoms with E-state index < -0.39 is 10.8 Å². The van der Waals surface area contributed by atoms with Gasteiger partial charge in [-0.05, 0) is 6.92 Å². The van der Waals surface area contributed by atoms with Crippen LogP contribution in [0.25, 0.3) is 0 Å². The minimum atomic E-state index is -0.552. The number of hydrogen-bond acceptors (Lipinski definition) is 3. The second kappa shape index (κ2) is 5.83. The van der Waals surface area contributed by atoms with Gasteiger partial charge >= 0.3 is 0 Å². The largest absolute Gasteiger partial charge is 0.313 e.